The summed E-state index contributed by atoms with van der Waals surface area (Å²) in [6.07, 6.45) is 1.06. The third-order valence-corrected chi connectivity index (χ3v) is 3.23. The Labute approximate surface area is 119 Å². The molecule has 0 saturated carbocycles. The molecule has 0 aliphatic heterocycles. The Morgan fingerprint density at radius 2 is 1.60 bits per heavy atom. The number of benzene rings is 2. The summed E-state index contributed by atoms with van der Waals surface area (Å²) in [6, 6.07) is 15.8. The van der Waals surface area contributed by atoms with Crippen LogP contribution < -0.4 is 5.32 Å². The fourth-order valence-corrected chi connectivity index (χ4v) is 1.94. The van der Waals surface area contributed by atoms with Crippen LogP contribution >= 0.6 is 0 Å². The lowest BCUT2D eigenvalue weighted by Gasteiger charge is -2.08. The second-order valence-corrected chi connectivity index (χ2v) is 4.59. The number of esters is 1. The molecule has 0 saturated heterocycles. The molecule has 3 nitrogen and oxygen atoms in total. The van der Waals surface area contributed by atoms with Crippen LogP contribution in [-0.4, -0.2) is 13.1 Å². The smallest absolute Gasteiger partial charge is 0.337 e. The normalized spacial score (nSPS) is 10.1. The van der Waals surface area contributed by atoms with E-state index in [1.165, 1.54) is 18.2 Å². The molecule has 2 rings (SSSR count). The number of hydrogen-bond acceptors (Lipinski definition) is 3. The van der Waals surface area contributed by atoms with Gasteiger partial charge in [0.15, 0.2) is 0 Å². The Kier molecular flexibility index (Phi) is 4.77. The van der Waals surface area contributed by atoms with Crippen molar-refractivity contribution in [2.24, 2.45) is 0 Å². The summed E-state index contributed by atoms with van der Waals surface area (Å²) in [7, 11) is 1.38. The molecule has 3 heteroatoms. The van der Waals surface area contributed by atoms with E-state index in [9.17, 15) is 4.79 Å². The van der Waals surface area contributed by atoms with E-state index < -0.39 is 0 Å². The van der Waals surface area contributed by atoms with Gasteiger partial charge in [0.1, 0.15) is 0 Å². The van der Waals surface area contributed by atoms with Gasteiger partial charge < -0.3 is 10.1 Å². The SMILES string of the molecule is CCc1ccc(CNc2ccc(C(=O)OC)cc2)cc1. The van der Waals surface area contributed by atoms with Crippen molar-refractivity contribution in [3.63, 3.8) is 0 Å². The molecule has 0 radical (unpaired) electrons. The second kappa shape index (κ2) is 6.75. The first-order chi connectivity index (χ1) is 9.72. The van der Waals surface area contributed by atoms with Gasteiger partial charge >= 0.3 is 5.97 Å². The molecule has 0 aromatic heterocycles. The highest BCUT2D eigenvalue weighted by Crippen LogP contribution is 2.12. The second-order valence-electron chi connectivity index (χ2n) is 4.59. The van der Waals surface area contributed by atoms with Gasteiger partial charge in [-0.25, -0.2) is 4.79 Å². The van der Waals surface area contributed by atoms with Crippen molar-refractivity contribution < 1.29 is 9.53 Å². The summed E-state index contributed by atoms with van der Waals surface area (Å²) in [5.41, 5.74) is 4.12. The van der Waals surface area contributed by atoms with Gasteiger partial charge in [0.25, 0.3) is 0 Å². The molecular formula is C17H19NO2. The molecule has 0 atom stereocenters. The molecule has 1 N–H and O–H groups in total. The Morgan fingerprint density at radius 1 is 1.00 bits per heavy atom. The van der Waals surface area contributed by atoms with Crippen LogP contribution in [0.1, 0.15) is 28.4 Å². The van der Waals surface area contributed by atoms with E-state index in [4.69, 9.17) is 0 Å². The third-order valence-electron chi connectivity index (χ3n) is 3.23. The van der Waals surface area contributed by atoms with Crippen molar-refractivity contribution in [1.82, 2.24) is 0 Å². The molecule has 0 fully saturated rings. The fourth-order valence-electron chi connectivity index (χ4n) is 1.94. The summed E-state index contributed by atoms with van der Waals surface area (Å²) in [6.45, 7) is 2.91. The largest absolute Gasteiger partial charge is 0.465 e. The monoisotopic (exact) mass is 269 g/mol. The first kappa shape index (κ1) is 14.1. The summed E-state index contributed by atoms with van der Waals surface area (Å²) >= 11 is 0. The van der Waals surface area contributed by atoms with E-state index in [1.807, 2.05) is 12.1 Å². The lowest BCUT2D eigenvalue weighted by Crippen LogP contribution is -2.02. The van der Waals surface area contributed by atoms with Gasteiger partial charge in [0.05, 0.1) is 12.7 Å². The number of ether oxygens (including phenoxy) is 1. The molecule has 20 heavy (non-hydrogen) atoms. The fraction of sp³-hybridized carbons (Fsp3) is 0.235. The van der Waals surface area contributed by atoms with E-state index in [0.717, 1.165) is 18.7 Å². The van der Waals surface area contributed by atoms with Gasteiger partial charge in [-0.05, 0) is 41.8 Å². The first-order valence-electron chi connectivity index (χ1n) is 6.73. The Hall–Kier alpha value is -2.29. The van der Waals surface area contributed by atoms with E-state index in [-0.39, 0.29) is 5.97 Å². The number of carbonyl (C=O) groups is 1. The number of hydrogen-bond donors (Lipinski definition) is 1. The Balaban J connectivity index is 1.94. The van der Waals surface area contributed by atoms with Crippen molar-refractivity contribution >= 4 is 11.7 Å². The number of aryl methyl sites for hydroxylation is 1. The topological polar surface area (TPSA) is 38.3 Å². The Bertz CT molecular complexity index is 559. The lowest BCUT2D eigenvalue weighted by molar-refractivity contribution is 0.0601. The van der Waals surface area contributed by atoms with Crippen LogP contribution in [-0.2, 0) is 17.7 Å². The van der Waals surface area contributed by atoms with Crippen LogP contribution in [0, 0.1) is 0 Å². The van der Waals surface area contributed by atoms with Gasteiger partial charge in [0.2, 0.25) is 0 Å². The highest BCUT2D eigenvalue weighted by atomic mass is 16.5. The predicted octanol–water partition coefficient (Wildman–Crippen LogP) is 3.65. The average Bonchev–Trinajstić information content (AvgIpc) is 2.53. The molecular weight excluding hydrogens is 250 g/mol. The highest BCUT2D eigenvalue weighted by molar-refractivity contribution is 5.89. The lowest BCUT2D eigenvalue weighted by atomic mass is 10.1. The highest BCUT2D eigenvalue weighted by Gasteiger charge is 2.03. The van der Waals surface area contributed by atoms with Crippen LogP contribution in [0.5, 0.6) is 0 Å². The van der Waals surface area contributed by atoms with Crippen molar-refractivity contribution in [2.45, 2.75) is 19.9 Å². The molecule has 0 bridgehead atoms. The van der Waals surface area contributed by atoms with E-state index in [1.54, 1.807) is 12.1 Å². The van der Waals surface area contributed by atoms with Gasteiger partial charge in [-0.3, -0.25) is 0 Å². The molecule has 104 valence electrons. The van der Waals surface area contributed by atoms with Crippen LogP contribution in [0.4, 0.5) is 5.69 Å². The van der Waals surface area contributed by atoms with Crippen molar-refractivity contribution in [1.29, 1.82) is 0 Å². The summed E-state index contributed by atoms with van der Waals surface area (Å²) in [4.78, 5) is 11.3. The van der Waals surface area contributed by atoms with Gasteiger partial charge in [-0.15, -0.1) is 0 Å². The number of methoxy groups -OCH3 is 1. The maximum atomic E-state index is 11.3. The Morgan fingerprint density at radius 3 is 2.15 bits per heavy atom. The molecule has 0 amide bonds. The molecule has 2 aromatic carbocycles. The third kappa shape index (κ3) is 3.60. The quantitative estimate of drug-likeness (QED) is 0.842. The standard InChI is InChI=1S/C17H19NO2/c1-3-13-4-6-14(7-5-13)12-18-16-10-8-15(9-11-16)17(19)20-2/h4-11,18H,3,12H2,1-2H3. The zero-order valence-electron chi connectivity index (χ0n) is 11.8. The predicted molar refractivity (Wildman–Crippen MR) is 80.9 cm³/mol. The van der Waals surface area contributed by atoms with E-state index in [0.29, 0.717) is 5.56 Å². The molecule has 0 aliphatic rings. The van der Waals surface area contributed by atoms with Crippen LogP contribution in [0.3, 0.4) is 0 Å². The number of carbonyl (C=O) groups excluding carboxylic acids is 1. The maximum absolute atomic E-state index is 11.3. The van der Waals surface area contributed by atoms with Crippen LogP contribution in [0.2, 0.25) is 0 Å². The first-order valence-corrected chi connectivity index (χ1v) is 6.73. The minimum atomic E-state index is -0.313. The van der Waals surface area contributed by atoms with E-state index >= 15 is 0 Å². The van der Waals surface area contributed by atoms with E-state index in [2.05, 4.69) is 41.2 Å². The minimum Gasteiger partial charge on any atom is -0.465 e. The molecule has 2 aromatic rings. The van der Waals surface area contributed by atoms with Crippen molar-refractivity contribution in [3.05, 3.63) is 65.2 Å². The summed E-state index contributed by atoms with van der Waals surface area (Å²) < 4.78 is 4.67. The number of anilines is 1. The number of rotatable bonds is 5. The van der Waals surface area contributed by atoms with Crippen LogP contribution in [0.25, 0.3) is 0 Å². The van der Waals surface area contributed by atoms with Crippen molar-refractivity contribution in [2.75, 3.05) is 12.4 Å². The summed E-state index contributed by atoms with van der Waals surface area (Å²) in [5, 5.41) is 3.33. The molecule has 0 aliphatic carbocycles. The van der Waals surface area contributed by atoms with Crippen molar-refractivity contribution in [3.8, 4) is 0 Å². The van der Waals surface area contributed by atoms with Gasteiger partial charge in [-0.1, -0.05) is 31.2 Å². The van der Waals surface area contributed by atoms with Gasteiger partial charge in [-0.2, -0.15) is 0 Å². The summed E-state index contributed by atoms with van der Waals surface area (Å²) in [5.74, 6) is -0.313. The minimum absolute atomic E-state index is 0.313. The maximum Gasteiger partial charge on any atom is 0.337 e. The zero-order valence-corrected chi connectivity index (χ0v) is 11.8. The average molecular weight is 269 g/mol. The van der Waals surface area contributed by atoms with Crippen LogP contribution in [0.15, 0.2) is 48.5 Å². The molecule has 0 spiro atoms. The van der Waals surface area contributed by atoms with Gasteiger partial charge in [0, 0.05) is 12.2 Å². The number of nitrogens with one attached hydrogen (secondary N) is 1. The zero-order chi connectivity index (χ0) is 14.4. The molecule has 0 heterocycles. The molecule has 0 unspecified atom stereocenters.